The van der Waals surface area contributed by atoms with Crippen molar-refractivity contribution < 1.29 is 0 Å². The average Bonchev–Trinajstić information content (AvgIpc) is 2.57. The fourth-order valence-corrected chi connectivity index (χ4v) is 1.71. The number of rotatable bonds is 4. The maximum absolute atomic E-state index is 5.50. The minimum absolute atomic E-state index is 0.0757. The first-order valence-corrected chi connectivity index (χ1v) is 5.77. The highest BCUT2D eigenvalue weighted by molar-refractivity contribution is 5.12. The van der Waals surface area contributed by atoms with Crippen LogP contribution in [-0.4, -0.2) is 16.3 Å². The number of hydrogen-bond donors (Lipinski definition) is 1. The third-order valence-corrected chi connectivity index (χ3v) is 2.47. The van der Waals surface area contributed by atoms with Crippen molar-refractivity contribution in [2.45, 2.75) is 52.5 Å². The monoisotopic (exact) mass is 209 g/mol. The Kier molecular flexibility index (Phi) is 3.91. The number of hydrogen-bond acceptors (Lipinski definition) is 2. The van der Waals surface area contributed by atoms with E-state index in [0.29, 0.717) is 0 Å². The van der Waals surface area contributed by atoms with Gasteiger partial charge in [-0.15, -0.1) is 0 Å². The molecule has 3 nitrogen and oxygen atoms in total. The molecule has 0 aliphatic carbocycles. The van der Waals surface area contributed by atoms with Crippen LogP contribution in [-0.2, 0) is 18.4 Å². The van der Waals surface area contributed by atoms with E-state index in [-0.39, 0.29) is 5.54 Å². The van der Waals surface area contributed by atoms with Crippen molar-refractivity contribution in [3.05, 3.63) is 17.5 Å². The summed E-state index contributed by atoms with van der Waals surface area (Å²) in [5, 5.41) is 4.65. The number of nitrogens with zero attached hydrogens (tertiary/aromatic N) is 2. The van der Waals surface area contributed by atoms with Crippen LogP contribution >= 0.6 is 0 Å². The molecule has 1 rings (SSSR count). The molecule has 0 aliphatic heterocycles. The molecule has 86 valence electrons. The molecule has 2 N–H and O–H groups in total. The second-order valence-electron chi connectivity index (χ2n) is 4.96. The van der Waals surface area contributed by atoms with Gasteiger partial charge in [0.05, 0.1) is 11.2 Å². The SMILES string of the molecule is CCc1cc(CCCN)nn1C(C)(C)C. The maximum Gasteiger partial charge on any atom is 0.0628 e. The van der Waals surface area contributed by atoms with Crippen molar-refractivity contribution in [3.8, 4) is 0 Å². The largest absolute Gasteiger partial charge is 0.330 e. The molecular weight excluding hydrogens is 186 g/mol. The molecule has 1 aromatic heterocycles. The lowest BCUT2D eigenvalue weighted by Crippen LogP contribution is -2.25. The van der Waals surface area contributed by atoms with E-state index < -0.39 is 0 Å². The smallest absolute Gasteiger partial charge is 0.0628 e. The van der Waals surface area contributed by atoms with E-state index in [9.17, 15) is 0 Å². The van der Waals surface area contributed by atoms with E-state index in [4.69, 9.17) is 5.73 Å². The highest BCUT2D eigenvalue weighted by atomic mass is 15.3. The van der Waals surface area contributed by atoms with Crippen LogP contribution in [0.2, 0.25) is 0 Å². The molecule has 3 heteroatoms. The molecule has 15 heavy (non-hydrogen) atoms. The molecule has 1 aromatic rings. The van der Waals surface area contributed by atoms with Crippen molar-refractivity contribution in [2.24, 2.45) is 5.73 Å². The Bertz CT molecular complexity index is 307. The predicted octanol–water partition coefficient (Wildman–Crippen LogP) is 2.09. The van der Waals surface area contributed by atoms with Gasteiger partial charge in [-0.25, -0.2) is 0 Å². The van der Waals surface area contributed by atoms with Gasteiger partial charge in [0.15, 0.2) is 0 Å². The van der Waals surface area contributed by atoms with E-state index in [0.717, 1.165) is 25.8 Å². The number of aromatic nitrogens is 2. The minimum atomic E-state index is 0.0757. The lowest BCUT2D eigenvalue weighted by atomic mass is 10.1. The minimum Gasteiger partial charge on any atom is -0.330 e. The Morgan fingerprint density at radius 3 is 2.47 bits per heavy atom. The molecule has 0 unspecified atom stereocenters. The van der Waals surface area contributed by atoms with Crippen molar-refractivity contribution in [3.63, 3.8) is 0 Å². The van der Waals surface area contributed by atoms with Crippen LogP contribution in [0.25, 0.3) is 0 Å². The fraction of sp³-hybridized carbons (Fsp3) is 0.750. The van der Waals surface area contributed by atoms with Crippen molar-refractivity contribution >= 4 is 0 Å². The van der Waals surface area contributed by atoms with Crippen molar-refractivity contribution in [1.82, 2.24) is 9.78 Å². The Labute approximate surface area is 92.7 Å². The molecular formula is C12H23N3. The zero-order valence-corrected chi connectivity index (χ0v) is 10.4. The second-order valence-corrected chi connectivity index (χ2v) is 4.96. The summed E-state index contributed by atoms with van der Waals surface area (Å²) in [5.74, 6) is 0. The third-order valence-electron chi connectivity index (χ3n) is 2.47. The van der Waals surface area contributed by atoms with E-state index in [1.54, 1.807) is 0 Å². The summed E-state index contributed by atoms with van der Waals surface area (Å²) in [6.45, 7) is 9.47. The van der Waals surface area contributed by atoms with Gasteiger partial charge in [0.25, 0.3) is 0 Å². The molecule has 0 radical (unpaired) electrons. The molecule has 0 aliphatic rings. The summed E-state index contributed by atoms with van der Waals surface area (Å²) >= 11 is 0. The lowest BCUT2D eigenvalue weighted by molar-refractivity contribution is 0.342. The highest BCUT2D eigenvalue weighted by Gasteiger charge is 2.18. The van der Waals surface area contributed by atoms with Crippen LogP contribution < -0.4 is 5.73 Å². The average molecular weight is 209 g/mol. The summed E-state index contributed by atoms with van der Waals surface area (Å²) in [4.78, 5) is 0. The summed E-state index contributed by atoms with van der Waals surface area (Å²) in [6, 6.07) is 2.21. The van der Waals surface area contributed by atoms with E-state index in [1.165, 1.54) is 11.4 Å². The van der Waals surface area contributed by atoms with Crippen LogP contribution in [0.15, 0.2) is 6.07 Å². The van der Waals surface area contributed by atoms with Crippen molar-refractivity contribution in [1.29, 1.82) is 0 Å². The first-order valence-electron chi connectivity index (χ1n) is 5.77. The second kappa shape index (κ2) is 4.79. The zero-order chi connectivity index (χ0) is 11.5. The molecule has 0 spiro atoms. The summed E-state index contributed by atoms with van der Waals surface area (Å²) in [7, 11) is 0. The third kappa shape index (κ3) is 3.06. The Morgan fingerprint density at radius 1 is 1.40 bits per heavy atom. The van der Waals surface area contributed by atoms with Gasteiger partial charge in [0, 0.05) is 5.69 Å². The normalized spacial score (nSPS) is 12.1. The quantitative estimate of drug-likeness (QED) is 0.825. The van der Waals surface area contributed by atoms with Gasteiger partial charge in [-0.05, 0) is 52.6 Å². The molecule has 0 bridgehead atoms. The van der Waals surface area contributed by atoms with Crippen molar-refractivity contribution in [2.75, 3.05) is 6.54 Å². The van der Waals surface area contributed by atoms with Gasteiger partial charge in [-0.2, -0.15) is 5.10 Å². The van der Waals surface area contributed by atoms with Crippen LogP contribution in [0.5, 0.6) is 0 Å². The van der Waals surface area contributed by atoms with Crippen LogP contribution in [0.1, 0.15) is 45.5 Å². The summed E-state index contributed by atoms with van der Waals surface area (Å²) in [6.07, 6.45) is 3.05. The Hall–Kier alpha value is -0.830. The first-order chi connectivity index (χ1) is 6.99. The molecule has 0 amide bonds. The Balaban J connectivity index is 2.90. The standard InChI is InChI=1S/C12H23N3/c1-5-11-9-10(7-6-8-13)14-15(11)12(2,3)4/h9H,5-8,13H2,1-4H3. The van der Waals surface area contributed by atoms with Gasteiger partial charge in [-0.3, -0.25) is 4.68 Å². The maximum atomic E-state index is 5.50. The molecule has 1 heterocycles. The van der Waals surface area contributed by atoms with Crippen LogP contribution in [0, 0.1) is 0 Å². The molecule has 0 saturated heterocycles. The van der Waals surface area contributed by atoms with E-state index in [1.807, 2.05) is 0 Å². The Morgan fingerprint density at radius 2 is 2.07 bits per heavy atom. The van der Waals surface area contributed by atoms with E-state index >= 15 is 0 Å². The van der Waals surface area contributed by atoms with Gasteiger partial charge in [0.2, 0.25) is 0 Å². The summed E-state index contributed by atoms with van der Waals surface area (Å²) < 4.78 is 2.14. The lowest BCUT2D eigenvalue weighted by Gasteiger charge is -2.22. The van der Waals surface area contributed by atoms with Crippen LogP contribution in [0.4, 0.5) is 0 Å². The highest BCUT2D eigenvalue weighted by Crippen LogP contribution is 2.18. The van der Waals surface area contributed by atoms with Gasteiger partial charge in [0.1, 0.15) is 0 Å². The molecule has 0 fully saturated rings. The summed E-state index contributed by atoms with van der Waals surface area (Å²) in [5.41, 5.74) is 8.07. The topological polar surface area (TPSA) is 43.8 Å². The molecule has 0 saturated carbocycles. The molecule has 0 aromatic carbocycles. The van der Waals surface area contributed by atoms with E-state index in [2.05, 4.69) is 43.5 Å². The molecule has 0 atom stereocenters. The van der Waals surface area contributed by atoms with Gasteiger partial charge < -0.3 is 5.73 Å². The zero-order valence-electron chi connectivity index (χ0n) is 10.4. The predicted molar refractivity (Wildman–Crippen MR) is 64.0 cm³/mol. The number of nitrogens with two attached hydrogens (primary N) is 1. The van der Waals surface area contributed by atoms with Crippen LogP contribution in [0.3, 0.4) is 0 Å². The number of aryl methyl sites for hydroxylation is 2. The first kappa shape index (κ1) is 12.2. The van der Waals surface area contributed by atoms with Gasteiger partial charge >= 0.3 is 0 Å². The van der Waals surface area contributed by atoms with Gasteiger partial charge in [-0.1, -0.05) is 6.92 Å². The fourth-order valence-electron chi connectivity index (χ4n) is 1.71.